The van der Waals surface area contributed by atoms with Gasteiger partial charge in [0.25, 0.3) is 12.3 Å². The molecule has 0 aliphatic rings. The summed E-state index contributed by atoms with van der Waals surface area (Å²) in [6, 6.07) is 9.71. The van der Waals surface area contributed by atoms with Gasteiger partial charge in [0.1, 0.15) is 29.4 Å². The van der Waals surface area contributed by atoms with Crippen molar-refractivity contribution >= 4 is 58.0 Å². The normalized spacial score (nSPS) is 11.9. The van der Waals surface area contributed by atoms with Crippen LogP contribution in [0, 0.1) is 11.2 Å². The van der Waals surface area contributed by atoms with Crippen LogP contribution in [-0.4, -0.2) is 36.7 Å². The molecule has 5 nitrogen and oxygen atoms in total. The van der Waals surface area contributed by atoms with E-state index in [1.807, 2.05) is 0 Å². The molecule has 0 aliphatic carbocycles. The summed E-state index contributed by atoms with van der Waals surface area (Å²) in [6.45, 7) is 0.518. The minimum Gasteiger partial charge on any atom is -0.487 e. The molecule has 0 radical (unpaired) electrons. The Morgan fingerprint density at radius 3 is 2.25 bits per heavy atom. The van der Waals surface area contributed by atoms with Gasteiger partial charge >= 0.3 is 6.18 Å². The number of carbonyl (C=O) groups is 3. The van der Waals surface area contributed by atoms with E-state index >= 15 is 0 Å². The number of rotatable bonds is 12. The molecule has 1 amide bonds. The van der Waals surface area contributed by atoms with Crippen LogP contribution >= 0.6 is 34.8 Å². The van der Waals surface area contributed by atoms with Gasteiger partial charge in [-0.15, -0.1) is 0 Å². The molecule has 14 heteroatoms. The minimum absolute atomic E-state index is 0.0155. The zero-order chi connectivity index (χ0) is 33.0. The van der Waals surface area contributed by atoms with E-state index in [1.54, 1.807) is 0 Å². The van der Waals surface area contributed by atoms with Gasteiger partial charge in [0.2, 0.25) is 0 Å². The minimum atomic E-state index is -4.75. The number of hydrogen-bond donors (Lipinski definition) is 1. The van der Waals surface area contributed by atoms with Crippen LogP contribution in [0.1, 0.15) is 52.1 Å². The Kier molecular flexibility index (Phi) is 11.4. The summed E-state index contributed by atoms with van der Waals surface area (Å²) in [5.41, 5.74) is -2.61. The van der Waals surface area contributed by atoms with Gasteiger partial charge in [-0.1, -0.05) is 46.9 Å². The first kappa shape index (κ1) is 35.2. The maximum atomic E-state index is 13.8. The van der Waals surface area contributed by atoms with Crippen molar-refractivity contribution in [1.29, 1.82) is 0 Å². The maximum absolute atomic E-state index is 13.8. The molecule has 0 atom stereocenters. The first-order valence-corrected chi connectivity index (χ1v) is 14.0. The van der Waals surface area contributed by atoms with Crippen LogP contribution in [0.25, 0.3) is 0 Å². The van der Waals surface area contributed by atoms with Gasteiger partial charge in [-0.05, 0) is 67.8 Å². The zero-order valence-electron chi connectivity index (χ0n) is 23.1. The molecule has 236 valence electrons. The number of ketones is 2. The van der Waals surface area contributed by atoms with Crippen LogP contribution in [0.5, 0.6) is 5.75 Å². The van der Waals surface area contributed by atoms with E-state index in [-0.39, 0.29) is 55.2 Å². The molecule has 0 heterocycles. The molecular weight excluding hydrogens is 659 g/mol. The molecule has 3 rings (SSSR count). The highest BCUT2D eigenvalue weighted by Crippen LogP contribution is 2.40. The summed E-state index contributed by atoms with van der Waals surface area (Å²) >= 11 is 18.5. The van der Waals surface area contributed by atoms with E-state index in [0.29, 0.717) is 0 Å². The molecule has 0 spiro atoms. The topological polar surface area (TPSA) is 72.5 Å². The molecule has 0 aliphatic heterocycles. The first-order valence-electron chi connectivity index (χ1n) is 12.8. The number of alkyl halides is 5. The molecule has 0 saturated heterocycles. The number of amides is 1. The Morgan fingerprint density at radius 1 is 0.955 bits per heavy atom. The Morgan fingerprint density at radius 2 is 1.64 bits per heavy atom. The first-order chi connectivity index (χ1) is 20.4. The highest BCUT2D eigenvalue weighted by atomic mass is 35.5. The van der Waals surface area contributed by atoms with E-state index in [0.717, 1.165) is 26.0 Å². The molecule has 44 heavy (non-hydrogen) atoms. The fraction of sp³-hybridized carbons (Fsp3) is 0.300. The Balaban J connectivity index is 1.88. The summed E-state index contributed by atoms with van der Waals surface area (Å²) in [5.74, 6) is -3.58. The number of nitrogens with one attached hydrogen (secondary N) is 1. The second-order valence-electron chi connectivity index (χ2n) is 10.2. The van der Waals surface area contributed by atoms with Gasteiger partial charge in [-0.3, -0.25) is 14.4 Å². The summed E-state index contributed by atoms with van der Waals surface area (Å²) in [4.78, 5) is 38.7. The Labute approximate surface area is 263 Å². The maximum Gasteiger partial charge on any atom is 0.400 e. The van der Waals surface area contributed by atoms with Gasteiger partial charge in [0.15, 0.2) is 5.78 Å². The average molecular weight is 683 g/mol. The number of halogens is 9. The van der Waals surface area contributed by atoms with Crippen LogP contribution in [0.2, 0.25) is 15.1 Å². The van der Waals surface area contributed by atoms with Gasteiger partial charge < -0.3 is 10.1 Å². The molecule has 0 saturated carbocycles. The van der Waals surface area contributed by atoms with Crippen molar-refractivity contribution in [2.24, 2.45) is 5.41 Å². The van der Waals surface area contributed by atoms with Crippen molar-refractivity contribution in [2.45, 2.75) is 45.7 Å². The highest BCUT2D eigenvalue weighted by Gasteiger charge is 2.52. The quantitative estimate of drug-likeness (QED) is 0.153. The number of Topliss-reactive ketones (excluding diaryl/α,β-unsaturated/α-hetero) is 2. The number of carbonyl (C=O) groups excluding carboxylic acids is 3. The number of aryl methyl sites for hydroxylation is 1. The molecule has 0 unspecified atom stereocenters. The predicted octanol–water partition coefficient (Wildman–Crippen LogP) is 9.20. The van der Waals surface area contributed by atoms with Crippen LogP contribution in [0.3, 0.4) is 0 Å². The van der Waals surface area contributed by atoms with Crippen LogP contribution in [-0.2, 0) is 17.6 Å². The fourth-order valence-electron chi connectivity index (χ4n) is 4.00. The SMILES string of the molecule is CC(C)(C(=O)CCc1ccc(Cl)c(C(=O)Cc2ccc(OCC(F)F)c(C(=O)Nc3cc(F)cc(Cl)c3)c2)c1Cl)C(F)(F)F. The van der Waals surface area contributed by atoms with Crippen molar-refractivity contribution in [1.82, 2.24) is 0 Å². The third kappa shape index (κ3) is 8.67. The van der Waals surface area contributed by atoms with Crippen molar-refractivity contribution < 1.29 is 45.5 Å². The largest absolute Gasteiger partial charge is 0.487 e. The second kappa shape index (κ2) is 14.2. The molecular formula is C30H24Cl3F6NO4. The third-order valence-electron chi connectivity index (χ3n) is 6.62. The smallest absolute Gasteiger partial charge is 0.400 e. The number of ether oxygens (including phenoxy) is 1. The molecule has 3 aromatic rings. The number of benzene rings is 3. The number of hydrogen-bond acceptors (Lipinski definition) is 4. The Bertz CT molecular complexity index is 1560. The monoisotopic (exact) mass is 681 g/mol. The lowest BCUT2D eigenvalue weighted by atomic mass is 9.84. The van der Waals surface area contributed by atoms with Crippen molar-refractivity contribution in [3.63, 3.8) is 0 Å². The van der Waals surface area contributed by atoms with Crippen LogP contribution < -0.4 is 10.1 Å². The Hall–Kier alpha value is -3.28. The van der Waals surface area contributed by atoms with Gasteiger partial charge in [0.05, 0.1) is 21.2 Å². The van der Waals surface area contributed by atoms with Crippen molar-refractivity contribution in [3.8, 4) is 5.75 Å². The number of anilines is 1. The summed E-state index contributed by atoms with van der Waals surface area (Å²) in [5, 5.41) is 2.16. The van der Waals surface area contributed by atoms with E-state index in [9.17, 15) is 40.7 Å². The van der Waals surface area contributed by atoms with Crippen LogP contribution in [0.15, 0.2) is 48.5 Å². The molecule has 0 bridgehead atoms. The van der Waals surface area contributed by atoms with Crippen molar-refractivity contribution in [2.75, 3.05) is 11.9 Å². The molecule has 0 fully saturated rings. The summed E-state index contributed by atoms with van der Waals surface area (Å²) in [6.07, 6.45) is -8.71. The lowest BCUT2D eigenvalue weighted by Crippen LogP contribution is -2.39. The van der Waals surface area contributed by atoms with E-state index in [2.05, 4.69) is 5.32 Å². The highest BCUT2D eigenvalue weighted by molar-refractivity contribution is 6.40. The van der Waals surface area contributed by atoms with E-state index in [1.165, 1.54) is 36.4 Å². The third-order valence-corrected chi connectivity index (χ3v) is 7.58. The van der Waals surface area contributed by atoms with E-state index < -0.39 is 60.8 Å². The lowest BCUT2D eigenvalue weighted by Gasteiger charge is -2.26. The molecule has 3 aromatic carbocycles. The molecule has 1 N–H and O–H groups in total. The second-order valence-corrected chi connectivity index (χ2v) is 11.4. The standard InChI is InChI=1S/C30H24Cl3F6NO4/c1-29(2,30(37,38)39)24(42)8-5-16-4-6-21(32)26(27(16)33)22(41)10-15-3-7-23(44-14-25(35)36)20(9-15)28(43)40-19-12-17(31)11-18(34)13-19/h3-4,6-7,9,11-13,25H,5,8,10,14H2,1-2H3,(H,40,43). The van der Waals surface area contributed by atoms with Gasteiger partial charge in [-0.2, -0.15) is 13.2 Å². The predicted molar refractivity (Wildman–Crippen MR) is 155 cm³/mol. The van der Waals surface area contributed by atoms with Gasteiger partial charge in [0, 0.05) is 23.6 Å². The zero-order valence-corrected chi connectivity index (χ0v) is 25.3. The average Bonchev–Trinajstić information content (AvgIpc) is 2.90. The van der Waals surface area contributed by atoms with Crippen LogP contribution in [0.4, 0.5) is 32.0 Å². The molecule has 0 aromatic heterocycles. The summed E-state index contributed by atoms with van der Waals surface area (Å²) in [7, 11) is 0. The van der Waals surface area contributed by atoms with Gasteiger partial charge in [-0.25, -0.2) is 13.2 Å². The lowest BCUT2D eigenvalue weighted by molar-refractivity contribution is -0.210. The fourth-order valence-corrected chi connectivity index (χ4v) is 4.90. The van der Waals surface area contributed by atoms with E-state index in [4.69, 9.17) is 39.5 Å². The van der Waals surface area contributed by atoms with Crippen molar-refractivity contribution in [3.05, 3.63) is 91.7 Å². The summed E-state index contributed by atoms with van der Waals surface area (Å²) < 4.78 is 84.2.